The number of nitrogens with zero attached hydrogens (tertiary/aromatic N) is 7. The lowest BCUT2D eigenvalue weighted by molar-refractivity contribution is 0.481. The van der Waals surface area contributed by atoms with E-state index in [0.29, 0.717) is 16.9 Å². The average Bonchev–Trinajstić information content (AvgIpc) is 3.64. The molecule has 2 aromatic heterocycles. The number of azo groups is 2. The molecule has 0 radical (unpaired) electrons. The number of nitriles is 2. The number of hydrogen-bond donors (Lipinski definition) is 7. The number of anilines is 5. The van der Waals surface area contributed by atoms with E-state index in [1.165, 1.54) is 43.3 Å². The van der Waals surface area contributed by atoms with Gasteiger partial charge in [-0.1, -0.05) is 42.2 Å². The average molecular weight is 1040 g/mol. The van der Waals surface area contributed by atoms with Gasteiger partial charge in [-0.3, -0.25) is 18.2 Å². The summed E-state index contributed by atoms with van der Waals surface area (Å²) < 4.78 is 136. The normalized spacial score (nSPS) is 12.2. The number of pyridine rings is 1. The molecule has 7 aromatic rings. The second-order valence-corrected chi connectivity index (χ2v) is 21.3. The molecule has 0 aliphatic carbocycles. The van der Waals surface area contributed by atoms with Crippen molar-refractivity contribution in [2.24, 2.45) is 20.5 Å². The van der Waals surface area contributed by atoms with Crippen LogP contribution in [-0.2, 0) is 40.5 Å². The first-order valence-electron chi connectivity index (χ1n) is 19.4. The highest BCUT2D eigenvalue weighted by molar-refractivity contribution is 7.86. The van der Waals surface area contributed by atoms with Gasteiger partial charge < -0.3 is 16.0 Å². The fourth-order valence-corrected chi connectivity index (χ4v) is 10.0. The molecule has 70 heavy (non-hydrogen) atoms. The topological polar surface area (TPSA) is 363 Å². The van der Waals surface area contributed by atoms with E-state index < -0.39 is 60.1 Å². The first-order chi connectivity index (χ1) is 32.8. The Hall–Kier alpha value is -7.83. The standard InChI is InChI=1S/C43H32N10O12S5/c1-23(2)46-26-9-7-25(8-10-26)38-35(22-45)42(66-43(38)53-50-29-19-33-32(37(20-29)70(63,64)65)5-4-6-36(33)69(60,61)62)52-51-39-24(3)34(21-44)40(47-27-11-15-30(16-12-27)67(54,55)56)49-41(39)48-28-13-17-31(18-14-28)68(57,58)59/h4-20,46H,1H2,2-3H3,(H2,47,48,49)(H,54,55,56)(H,57,58,59)(H,60,61,62)(H,63,64,65). The number of thiophene rings is 1. The number of nitrogens with one attached hydrogen (secondary N) is 3. The number of rotatable bonds is 15. The van der Waals surface area contributed by atoms with Crippen molar-refractivity contribution in [2.45, 2.75) is 33.4 Å². The third-order valence-corrected chi connectivity index (χ3v) is 14.3. The molecule has 356 valence electrons. The van der Waals surface area contributed by atoms with Crippen LogP contribution in [0, 0.1) is 29.6 Å². The van der Waals surface area contributed by atoms with Gasteiger partial charge in [0.05, 0.1) is 21.0 Å². The maximum absolute atomic E-state index is 12.5. The summed E-state index contributed by atoms with van der Waals surface area (Å²) in [5.74, 6) is -0.170. The van der Waals surface area contributed by atoms with Gasteiger partial charge in [0, 0.05) is 44.7 Å². The fraction of sp³-hybridized carbons (Fsp3) is 0.0465. The van der Waals surface area contributed by atoms with Gasteiger partial charge in [0.2, 0.25) is 0 Å². The lowest BCUT2D eigenvalue weighted by atomic mass is 10.0. The van der Waals surface area contributed by atoms with Gasteiger partial charge in [0.25, 0.3) is 40.5 Å². The van der Waals surface area contributed by atoms with Gasteiger partial charge in [-0.15, -0.1) is 20.5 Å². The van der Waals surface area contributed by atoms with Crippen molar-refractivity contribution in [1.29, 1.82) is 10.5 Å². The molecule has 27 heteroatoms. The van der Waals surface area contributed by atoms with Crippen LogP contribution >= 0.6 is 11.3 Å². The zero-order chi connectivity index (χ0) is 50.9. The maximum atomic E-state index is 12.5. The molecule has 0 unspecified atom stereocenters. The van der Waals surface area contributed by atoms with Crippen LogP contribution in [-0.4, -0.2) is 56.9 Å². The van der Waals surface area contributed by atoms with Crippen molar-refractivity contribution in [1.82, 2.24) is 4.98 Å². The van der Waals surface area contributed by atoms with Crippen molar-refractivity contribution >= 4 is 113 Å². The van der Waals surface area contributed by atoms with Crippen LogP contribution in [0.25, 0.3) is 21.9 Å². The quantitative estimate of drug-likeness (QED) is 0.0370. The first kappa shape index (κ1) is 50.1. The second-order valence-electron chi connectivity index (χ2n) is 14.7. The molecule has 22 nitrogen and oxygen atoms in total. The molecule has 0 aliphatic rings. The van der Waals surface area contributed by atoms with Gasteiger partial charge in [-0.2, -0.15) is 44.2 Å². The minimum Gasteiger partial charge on any atom is -0.360 e. The SMILES string of the molecule is C=C(C)Nc1ccc(-c2c(N=Nc3cc(S(=O)(=O)O)c4cccc(S(=O)(=O)O)c4c3)sc(N=Nc3c(Nc4ccc(S(=O)(=O)O)cc4)nc(Nc4ccc(S(=O)(=O)O)cc4)c(C#N)c3C)c2C#N)cc1. The molecule has 0 aliphatic heterocycles. The van der Waals surface area contributed by atoms with Gasteiger partial charge >= 0.3 is 0 Å². The number of fused-ring (bicyclic) bond motifs is 1. The van der Waals surface area contributed by atoms with Crippen LogP contribution in [0.3, 0.4) is 0 Å². The summed E-state index contributed by atoms with van der Waals surface area (Å²) in [6.45, 7) is 7.07. The fourth-order valence-electron chi connectivity index (χ4n) is 6.72. The molecule has 0 spiro atoms. The summed E-state index contributed by atoms with van der Waals surface area (Å²) in [7, 11) is -19.1. The molecule has 0 saturated carbocycles. The van der Waals surface area contributed by atoms with E-state index in [0.717, 1.165) is 53.8 Å². The van der Waals surface area contributed by atoms with Gasteiger partial charge in [-0.05, 0) is 98.3 Å². The molecule has 2 heterocycles. The molecule has 5 aromatic carbocycles. The van der Waals surface area contributed by atoms with Crippen LogP contribution in [0.15, 0.2) is 155 Å². The van der Waals surface area contributed by atoms with Crippen LogP contribution in [0.5, 0.6) is 0 Å². The van der Waals surface area contributed by atoms with Crippen molar-refractivity contribution < 1.29 is 51.9 Å². The monoisotopic (exact) mass is 1040 g/mol. The molecule has 0 amide bonds. The van der Waals surface area contributed by atoms with E-state index in [1.54, 1.807) is 31.2 Å². The van der Waals surface area contributed by atoms with Crippen LogP contribution in [0.2, 0.25) is 0 Å². The molecular formula is C43H32N10O12S5. The largest absolute Gasteiger partial charge is 0.360 e. The Morgan fingerprint density at radius 1 is 0.614 bits per heavy atom. The van der Waals surface area contributed by atoms with Crippen LogP contribution in [0.1, 0.15) is 23.6 Å². The van der Waals surface area contributed by atoms with Crippen LogP contribution < -0.4 is 16.0 Å². The summed E-state index contributed by atoms with van der Waals surface area (Å²) in [6.07, 6.45) is 0. The molecule has 0 fully saturated rings. The summed E-state index contributed by atoms with van der Waals surface area (Å²) in [5, 5.41) is 46.7. The van der Waals surface area contributed by atoms with Crippen molar-refractivity contribution in [2.75, 3.05) is 16.0 Å². The minimum atomic E-state index is -5.02. The van der Waals surface area contributed by atoms with Crippen LogP contribution in [0.4, 0.5) is 50.1 Å². The zero-order valence-electron chi connectivity index (χ0n) is 35.7. The van der Waals surface area contributed by atoms with E-state index in [-0.39, 0.29) is 77.4 Å². The minimum absolute atomic E-state index is 0.00734. The Labute approximate surface area is 403 Å². The molecular weight excluding hydrogens is 1010 g/mol. The molecule has 0 saturated heterocycles. The zero-order valence-corrected chi connectivity index (χ0v) is 39.8. The van der Waals surface area contributed by atoms with Gasteiger partial charge in [0.15, 0.2) is 16.6 Å². The molecule has 0 atom stereocenters. The highest BCUT2D eigenvalue weighted by Gasteiger charge is 2.25. The Balaban J connectivity index is 1.40. The lowest BCUT2D eigenvalue weighted by Crippen LogP contribution is -2.05. The Bertz CT molecular complexity index is 3910. The van der Waals surface area contributed by atoms with E-state index >= 15 is 0 Å². The third kappa shape index (κ3) is 11.0. The molecule has 7 rings (SSSR count). The summed E-state index contributed by atoms with van der Waals surface area (Å²) in [4.78, 5) is 2.30. The van der Waals surface area contributed by atoms with E-state index in [1.807, 2.05) is 6.07 Å². The van der Waals surface area contributed by atoms with Crippen molar-refractivity contribution in [3.63, 3.8) is 0 Å². The summed E-state index contributed by atoms with van der Waals surface area (Å²) in [6, 6.07) is 25.8. The smallest absolute Gasteiger partial charge is 0.295 e. The van der Waals surface area contributed by atoms with Gasteiger partial charge in [0.1, 0.15) is 38.2 Å². The first-order valence-corrected chi connectivity index (χ1v) is 26.0. The number of benzene rings is 5. The second kappa shape index (κ2) is 19.3. The molecule has 0 bridgehead atoms. The molecule has 7 N–H and O–H groups in total. The summed E-state index contributed by atoms with van der Waals surface area (Å²) >= 11 is 0.781. The number of allylic oxidation sites excluding steroid dienone is 1. The predicted molar refractivity (Wildman–Crippen MR) is 258 cm³/mol. The van der Waals surface area contributed by atoms with Crippen molar-refractivity contribution in [3.05, 3.63) is 132 Å². The van der Waals surface area contributed by atoms with Gasteiger partial charge in [-0.25, -0.2) is 4.98 Å². The van der Waals surface area contributed by atoms with E-state index in [4.69, 9.17) is 0 Å². The number of aromatic nitrogens is 1. The Kier molecular flexibility index (Phi) is 13.8. The third-order valence-electron chi connectivity index (χ3n) is 9.83. The Morgan fingerprint density at radius 3 is 1.66 bits per heavy atom. The van der Waals surface area contributed by atoms with Crippen molar-refractivity contribution in [3.8, 4) is 23.3 Å². The maximum Gasteiger partial charge on any atom is 0.295 e. The van der Waals surface area contributed by atoms with E-state index in [2.05, 4.69) is 54.0 Å². The lowest BCUT2D eigenvalue weighted by Gasteiger charge is -2.16. The number of hydrogen-bond acceptors (Lipinski definition) is 19. The highest BCUT2D eigenvalue weighted by Crippen LogP contribution is 2.49. The van der Waals surface area contributed by atoms with E-state index in [9.17, 15) is 62.4 Å². The highest BCUT2D eigenvalue weighted by atomic mass is 32.2. The predicted octanol–water partition coefficient (Wildman–Crippen LogP) is 10.3. The summed E-state index contributed by atoms with van der Waals surface area (Å²) in [5.41, 5.74) is 1.87. The Morgan fingerprint density at radius 2 is 1.14 bits per heavy atom.